The van der Waals surface area contributed by atoms with E-state index in [4.69, 9.17) is 16.3 Å². The summed E-state index contributed by atoms with van der Waals surface area (Å²) in [7, 11) is 0. The summed E-state index contributed by atoms with van der Waals surface area (Å²) in [4.78, 5) is 30.7. The van der Waals surface area contributed by atoms with Crippen LogP contribution in [0, 0.1) is 5.92 Å². The van der Waals surface area contributed by atoms with E-state index < -0.39 is 22.8 Å². The van der Waals surface area contributed by atoms with Crippen molar-refractivity contribution in [2.24, 2.45) is 5.92 Å². The Labute approximate surface area is 167 Å². The zero-order valence-corrected chi connectivity index (χ0v) is 16.8. The van der Waals surface area contributed by atoms with Gasteiger partial charge in [0.2, 0.25) is 0 Å². The lowest BCUT2D eigenvalue weighted by molar-refractivity contribution is 0.0691. The lowest BCUT2D eigenvalue weighted by Gasteiger charge is -2.30. The van der Waals surface area contributed by atoms with E-state index in [0.717, 1.165) is 18.4 Å². The monoisotopic (exact) mass is 406 g/mol. The molecule has 7 nitrogen and oxygen atoms in total. The maximum atomic E-state index is 12.3. The standard InChI is InChI=1S/C20H23ClN2O5/c1-4-5-6-28-12-8-10-7-11(9(2)3)13-16(15(10)22-18(12)21)23-19(25)14(17(13)24)20(26)27/h8-9,11H,4-7H2,1-3H3,(H,26,27)(H2,23,24,25). The number of nitrogens with one attached hydrogen (secondary N) is 1. The van der Waals surface area contributed by atoms with Gasteiger partial charge in [-0.2, -0.15) is 0 Å². The second-order valence-electron chi connectivity index (χ2n) is 7.31. The molecular weight excluding hydrogens is 384 g/mol. The minimum atomic E-state index is -1.47. The molecule has 1 aliphatic rings. The molecule has 0 spiro atoms. The highest BCUT2D eigenvalue weighted by Gasteiger charge is 2.35. The highest BCUT2D eigenvalue weighted by atomic mass is 35.5. The molecule has 28 heavy (non-hydrogen) atoms. The molecule has 150 valence electrons. The Hall–Kier alpha value is -2.54. The molecule has 3 N–H and O–H groups in total. The number of pyridine rings is 2. The van der Waals surface area contributed by atoms with Gasteiger partial charge >= 0.3 is 5.97 Å². The molecule has 2 aromatic rings. The predicted molar refractivity (Wildman–Crippen MR) is 106 cm³/mol. The zero-order valence-electron chi connectivity index (χ0n) is 16.0. The van der Waals surface area contributed by atoms with Gasteiger partial charge in [-0.1, -0.05) is 38.8 Å². The molecule has 8 heteroatoms. The van der Waals surface area contributed by atoms with Crippen molar-refractivity contribution in [1.29, 1.82) is 0 Å². The van der Waals surface area contributed by atoms with Crippen LogP contribution in [-0.2, 0) is 6.42 Å². The molecule has 0 radical (unpaired) electrons. The van der Waals surface area contributed by atoms with E-state index in [0.29, 0.717) is 35.7 Å². The van der Waals surface area contributed by atoms with Crippen molar-refractivity contribution in [2.75, 3.05) is 6.61 Å². The Balaban J connectivity index is 2.21. The van der Waals surface area contributed by atoms with Crippen LogP contribution >= 0.6 is 11.6 Å². The number of hydrogen-bond acceptors (Lipinski definition) is 5. The minimum Gasteiger partial charge on any atom is -0.506 e. The summed E-state index contributed by atoms with van der Waals surface area (Å²) >= 11 is 6.28. The number of H-pyrrole nitrogens is 1. The topological polar surface area (TPSA) is 113 Å². The number of halogens is 1. The number of carbonyl (C=O) groups is 1. The van der Waals surface area contributed by atoms with Crippen LogP contribution in [-0.4, -0.2) is 32.8 Å². The van der Waals surface area contributed by atoms with Crippen LogP contribution in [0.15, 0.2) is 10.9 Å². The summed E-state index contributed by atoms with van der Waals surface area (Å²) in [5, 5.41) is 20.1. The second-order valence-corrected chi connectivity index (χ2v) is 7.67. The number of ether oxygens (including phenoxy) is 1. The molecule has 0 aliphatic heterocycles. The quantitative estimate of drug-likeness (QED) is 0.494. The van der Waals surface area contributed by atoms with Gasteiger partial charge in [0.15, 0.2) is 16.5 Å². The normalized spacial score (nSPS) is 15.2. The van der Waals surface area contributed by atoms with Crippen LogP contribution < -0.4 is 10.3 Å². The van der Waals surface area contributed by atoms with Crippen LogP contribution in [0.3, 0.4) is 0 Å². The summed E-state index contributed by atoms with van der Waals surface area (Å²) in [6.07, 6.45) is 2.40. The van der Waals surface area contributed by atoms with Crippen molar-refractivity contribution in [3.05, 3.63) is 38.3 Å². The van der Waals surface area contributed by atoms with Crippen molar-refractivity contribution < 1.29 is 19.7 Å². The predicted octanol–water partition coefficient (Wildman–Crippen LogP) is 3.97. The number of aromatic amines is 1. The number of carboxylic acids is 1. The van der Waals surface area contributed by atoms with E-state index in [1.807, 2.05) is 19.9 Å². The van der Waals surface area contributed by atoms with Gasteiger partial charge in [0.1, 0.15) is 5.75 Å². The fraction of sp³-hybridized carbons (Fsp3) is 0.450. The number of unbranched alkanes of at least 4 members (excludes halogenated alkanes) is 1. The number of rotatable bonds is 6. The molecule has 2 aromatic heterocycles. The fourth-order valence-electron chi connectivity index (χ4n) is 3.57. The van der Waals surface area contributed by atoms with Crippen molar-refractivity contribution >= 4 is 17.6 Å². The highest BCUT2D eigenvalue weighted by molar-refractivity contribution is 6.31. The summed E-state index contributed by atoms with van der Waals surface area (Å²) in [6.45, 7) is 6.55. The van der Waals surface area contributed by atoms with Crippen molar-refractivity contribution in [3.63, 3.8) is 0 Å². The third-order valence-electron chi connectivity index (χ3n) is 5.07. The van der Waals surface area contributed by atoms with E-state index in [2.05, 4.69) is 16.9 Å². The van der Waals surface area contributed by atoms with Gasteiger partial charge in [-0.25, -0.2) is 9.78 Å². The molecule has 3 rings (SSSR count). The Morgan fingerprint density at radius 1 is 1.46 bits per heavy atom. The summed E-state index contributed by atoms with van der Waals surface area (Å²) in [5.74, 6) is -1.60. The Morgan fingerprint density at radius 2 is 2.18 bits per heavy atom. The van der Waals surface area contributed by atoms with Gasteiger partial charge in [0.05, 0.1) is 18.0 Å². The number of hydrogen-bond donors (Lipinski definition) is 3. The molecule has 0 saturated heterocycles. The van der Waals surface area contributed by atoms with E-state index in [1.165, 1.54) is 0 Å². The maximum Gasteiger partial charge on any atom is 0.345 e. The van der Waals surface area contributed by atoms with Crippen LogP contribution in [0.4, 0.5) is 0 Å². The van der Waals surface area contributed by atoms with E-state index in [-0.39, 0.29) is 17.0 Å². The van der Waals surface area contributed by atoms with Crippen molar-refractivity contribution in [1.82, 2.24) is 9.97 Å². The molecule has 1 atom stereocenters. The van der Waals surface area contributed by atoms with Crippen molar-refractivity contribution in [3.8, 4) is 22.9 Å². The largest absolute Gasteiger partial charge is 0.506 e. The van der Waals surface area contributed by atoms with Gasteiger partial charge in [-0.15, -0.1) is 0 Å². The van der Waals surface area contributed by atoms with E-state index >= 15 is 0 Å². The number of fused-ring (bicyclic) bond motifs is 3. The molecule has 0 fully saturated rings. The fourth-order valence-corrected chi connectivity index (χ4v) is 3.76. The number of nitrogens with zero attached hydrogens (tertiary/aromatic N) is 1. The van der Waals surface area contributed by atoms with Crippen LogP contribution in [0.1, 0.15) is 61.0 Å². The summed E-state index contributed by atoms with van der Waals surface area (Å²) in [5.41, 5.74) is 0.445. The average Bonchev–Trinajstić information content (AvgIpc) is 2.61. The number of aromatic nitrogens is 2. The molecule has 0 bridgehead atoms. The first-order valence-electron chi connectivity index (χ1n) is 9.31. The molecule has 2 heterocycles. The van der Waals surface area contributed by atoms with E-state index in [1.54, 1.807) is 0 Å². The zero-order chi connectivity index (χ0) is 20.6. The Morgan fingerprint density at radius 3 is 2.79 bits per heavy atom. The van der Waals surface area contributed by atoms with Gasteiger partial charge < -0.3 is 19.9 Å². The number of aromatic hydroxyl groups is 1. The van der Waals surface area contributed by atoms with Crippen LogP contribution in [0.25, 0.3) is 11.4 Å². The molecule has 1 aliphatic carbocycles. The Bertz CT molecular complexity index is 984. The van der Waals surface area contributed by atoms with Gasteiger partial charge in [0.25, 0.3) is 5.56 Å². The first kappa shape index (κ1) is 20.2. The average molecular weight is 407 g/mol. The van der Waals surface area contributed by atoms with Gasteiger partial charge in [-0.3, -0.25) is 4.79 Å². The third kappa shape index (κ3) is 3.46. The lowest BCUT2D eigenvalue weighted by atomic mass is 9.76. The SMILES string of the molecule is CCCCOc1cc2c(nc1Cl)-c1[nH]c(=O)c(C(=O)O)c(O)c1C(C(C)C)C2. The molecule has 0 aromatic carbocycles. The third-order valence-corrected chi connectivity index (χ3v) is 5.34. The first-order chi connectivity index (χ1) is 13.3. The maximum absolute atomic E-state index is 12.3. The minimum absolute atomic E-state index is 0.0884. The smallest absolute Gasteiger partial charge is 0.345 e. The Kier molecular flexibility index (Phi) is 5.65. The van der Waals surface area contributed by atoms with Gasteiger partial charge in [-0.05, 0) is 36.3 Å². The van der Waals surface area contributed by atoms with E-state index in [9.17, 15) is 19.8 Å². The lowest BCUT2D eigenvalue weighted by Crippen LogP contribution is -2.26. The number of aromatic carboxylic acids is 1. The molecule has 0 amide bonds. The van der Waals surface area contributed by atoms with Crippen molar-refractivity contribution in [2.45, 2.75) is 46.0 Å². The van der Waals surface area contributed by atoms with Crippen LogP contribution in [0.2, 0.25) is 5.15 Å². The molecule has 1 unspecified atom stereocenters. The van der Waals surface area contributed by atoms with Crippen LogP contribution in [0.5, 0.6) is 11.5 Å². The summed E-state index contributed by atoms with van der Waals surface area (Å²) in [6, 6.07) is 1.82. The molecule has 0 saturated carbocycles. The second kappa shape index (κ2) is 7.83. The summed E-state index contributed by atoms with van der Waals surface area (Å²) < 4.78 is 5.73. The van der Waals surface area contributed by atoms with Gasteiger partial charge in [0, 0.05) is 5.56 Å². The molecular formula is C20H23ClN2O5. The highest BCUT2D eigenvalue weighted by Crippen LogP contribution is 2.46. The number of carboxylic acid groups (broad SMARTS) is 1. The first-order valence-corrected chi connectivity index (χ1v) is 9.69.